The van der Waals surface area contributed by atoms with Gasteiger partial charge in [-0.25, -0.2) is 9.13 Å². The largest absolute Gasteiger partial charge is 0.472 e. The summed E-state index contributed by atoms with van der Waals surface area (Å²) in [6.07, 6.45) is 61.0. The Labute approximate surface area is 594 Å². The highest BCUT2D eigenvalue weighted by molar-refractivity contribution is 7.47. The molecule has 0 aliphatic heterocycles. The normalized spacial score (nSPS) is 13.9. The van der Waals surface area contributed by atoms with Crippen LogP contribution in [0.4, 0.5) is 0 Å². The number of carbonyl (C=O) groups is 4. The molecule has 0 saturated carbocycles. The summed E-state index contributed by atoms with van der Waals surface area (Å²) in [7, 11) is -9.91. The van der Waals surface area contributed by atoms with Gasteiger partial charge in [0.2, 0.25) is 0 Å². The maximum atomic E-state index is 13.1. The smallest absolute Gasteiger partial charge is 0.462 e. The fraction of sp³-hybridized carbons (Fsp3) is 0.949. The molecule has 0 amide bonds. The highest BCUT2D eigenvalue weighted by atomic mass is 31.2. The average Bonchev–Trinajstić information content (AvgIpc) is 1.87. The van der Waals surface area contributed by atoms with E-state index in [-0.39, 0.29) is 25.7 Å². The van der Waals surface area contributed by atoms with E-state index in [2.05, 4.69) is 34.6 Å². The van der Waals surface area contributed by atoms with Crippen molar-refractivity contribution in [2.75, 3.05) is 39.6 Å². The van der Waals surface area contributed by atoms with Crippen LogP contribution in [0.2, 0.25) is 0 Å². The molecule has 0 aliphatic carbocycles. The minimum Gasteiger partial charge on any atom is -0.462 e. The summed E-state index contributed by atoms with van der Waals surface area (Å²) in [6.45, 7) is 7.30. The highest BCUT2D eigenvalue weighted by Crippen LogP contribution is 2.45. The number of ether oxygens (including phenoxy) is 4. The van der Waals surface area contributed by atoms with Crippen molar-refractivity contribution < 1.29 is 80.2 Å². The Kier molecular flexibility index (Phi) is 69.6. The predicted molar refractivity (Wildman–Crippen MR) is 395 cm³/mol. The van der Waals surface area contributed by atoms with Gasteiger partial charge in [0.15, 0.2) is 12.2 Å². The first kappa shape index (κ1) is 95.1. The van der Waals surface area contributed by atoms with Crippen LogP contribution in [0.25, 0.3) is 0 Å². The van der Waals surface area contributed by atoms with Crippen molar-refractivity contribution in [3.05, 3.63) is 0 Å². The van der Waals surface area contributed by atoms with Gasteiger partial charge in [-0.1, -0.05) is 362 Å². The van der Waals surface area contributed by atoms with Crippen molar-refractivity contribution >= 4 is 39.5 Å². The lowest BCUT2D eigenvalue weighted by Gasteiger charge is -2.21. The topological polar surface area (TPSA) is 237 Å². The third kappa shape index (κ3) is 72.2. The van der Waals surface area contributed by atoms with Crippen LogP contribution in [0, 0.1) is 5.92 Å². The number of hydrogen-bond acceptors (Lipinski definition) is 15. The maximum Gasteiger partial charge on any atom is 0.472 e. The Balaban J connectivity index is 5.22. The summed E-state index contributed by atoms with van der Waals surface area (Å²) in [4.78, 5) is 72.9. The van der Waals surface area contributed by atoms with Gasteiger partial charge in [-0.05, 0) is 31.6 Å². The molecule has 0 heterocycles. The Morgan fingerprint density at radius 1 is 0.278 bits per heavy atom. The van der Waals surface area contributed by atoms with Crippen LogP contribution in [0.5, 0.6) is 0 Å². The third-order valence-corrected chi connectivity index (χ3v) is 20.2. The van der Waals surface area contributed by atoms with Gasteiger partial charge in [0.05, 0.1) is 26.4 Å². The summed E-state index contributed by atoms with van der Waals surface area (Å²) < 4.78 is 68.6. The number of aliphatic hydroxyl groups is 1. The molecule has 19 heteroatoms. The lowest BCUT2D eigenvalue weighted by Crippen LogP contribution is -2.30. The molecule has 0 rings (SSSR count). The van der Waals surface area contributed by atoms with Crippen molar-refractivity contribution in [1.29, 1.82) is 0 Å². The number of hydrogen-bond donors (Lipinski definition) is 3. The minimum atomic E-state index is -4.96. The van der Waals surface area contributed by atoms with Gasteiger partial charge in [-0.15, -0.1) is 0 Å². The second-order valence-corrected chi connectivity index (χ2v) is 31.5. The fourth-order valence-electron chi connectivity index (χ4n) is 12.1. The molecule has 576 valence electrons. The van der Waals surface area contributed by atoms with E-state index < -0.39 is 97.5 Å². The van der Waals surface area contributed by atoms with Crippen LogP contribution in [-0.2, 0) is 65.4 Å². The molecule has 0 aromatic carbocycles. The van der Waals surface area contributed by atoms with Gasteiger partial charge in [0.25, 0.3) is 0 Å². The van der Waals surface area contributed by atoms with Gasteiger partial charge in [0, 0.05) is 25.7 Å². The SMILES string of the molecule is CCCCCCCCCCCCCCCCCCCCCC(=O)O[C@H](COC(=O)CCCCCCCCCCCCCCCCC)COP(=O)(O)OC[C@@H](O)COP(=O)(O)OC[C@@H](COC(=O)CCCCCCCCCCC)OC(=O)CCCCCCCCCCCCCC(C)C. The molecule has 0 aromatic heterocycles. The lowest BCUT2D eigenvalue weighted by atomic mass is 10.0. The highest BCUT2D eigenvalue weighted by Gasteiger charge is 2.30. The second-order valence-electron chi connectivity index (χ2n) is 28.6. The molecule has 5 atom stereocenters. The van der Waals surface area contributed by atoms with E-state index in [0.717, 1.165) is 95.8 Å². The lowest BCUT2D eigenvalue weighted by molar-refractivity contribution is -0.161. The molecule has 17 nitrogen and oxygen atoms in total. The van der Waals surface area contributed by atoms with E-state index in [1.54, 1.807) is 0 Å². The summed E-state index contributed by atoms with van der Waals surface area (Å²) in [5, 5.41) is 10.6. The Morgan fingerprint density at radius 2 is 0.474 bits per heavy atom. The molecule has 0 fully saturated rings. The van der Waals surface area contributed by atoms with E-state index >= 15 is 0 Å². The third-order valence-electron chi connectivity index (χ3n) is 18.3. The zero-order valence-electron chi connectivity index (χ0n) is 63.2. The van der Waals surface area contributed by atoms with Crippen molar-refractivity contribution in [2.24, 2.45) is 5.92 Å². The maximum absolute atomic E-state index is 13.1. The number of aliphatic hydroxyl groups excluding tert-OH is 1. The molecule has 0 aromatic rings. The predicted octanol–water partition coefficient (Wildman–Crippen LogP) is 23.3. The van der Waals surface area contributed by atoms with Crippen molar-refractivity contribution in [1.82, 2.24) is 0 Å². The van der Waals surface area contributed by atoms with Crippen LogP contribution >= 0.6 is 15.6 Å². The van der Waals surface area contributed by atoms with Gasteiger partial charge < -0.3 is 33.8 Å². The molecular formula is C78H152O17P2. The quantitative estimate of drug-likeness (QED) is 0.0222. The first-order valence-corrected chi connectivity index (χ1v) is 43.6. The summed E-state index contributed by atoms with van der Waals surface area (Å²) in [5.74, 6) is -1.35. The van der Waals surface area contributed by atoms with E-state index in [4.69, 9.17) is 37.0 Å². The zero-order chi connectivity index (χ0) is 71.2. The Hall–Kier alpha value is -1.94. The Bertz CT molecular complexity index is 1860. The molecule has 97 heavy (non-hydrogen) atoms. The molecular weight excluding hydrogens is 1270 g/mol. The first-order valence-electron chi connectivity index (χ1n) is 40.6. The molecule has 0 spiro atoms. The zero-order valence-corrected chi connectivity index (χ0v) is 65.0. The average molecular weight is 1420 g/mol. The van der Waals surface area contributed by atoms with Crippen LogP contribution in [0.1, 0.15) is 413 Å². The first-order chi connectivity index (χ1) is 47.0. The monoisotopic (exact) mass is 1420 g/mol. The Morgan fingerprint density at radius 3 is 0.701 bits per heavy atom. The molecule has 3 N–H and O–H groups in total. The van der Waals surface area contributed by atoms with Crippen molar-refractivity contribution in [2.45, 2.75) is 432 Å². The molecule has 0 aliphatic rings. The van der Waals surface area contributed by atoms with E-state index in [0.29, 0.717) is 25.7 Å². The van der Waals surface area contributed by atoms with Gasteiger partial charge in [-0.2, -0.15) is 0 Å². The number of carbonyl (C=O) groups excluding carboxylic acids is 4. The summed E-state index contributed by atoms with van der Waals surface area (Å²) in [5.41, 5.74) is 0. The number of rotatable bonds is 78. The van der Waals surface area contributed by atoms with E-state index in [1.165, 1.54) is 238 Å². The van der Waals surface area contributed by atoms with Crippen LogP contribution < -0.4 is 0 Å². The van der Waals surface area contributed by atoms with Gasteiger partial charge in [0.1, 0.15) is 19.3 Å². The number of esters is 4. The van der Waals surface area contributed by atoms with Crippen LogP contribution in [0.3, 0.4) is 0 Å². The van der Waals surface area contributed by atoms with Gasteiger partial charge in [-0.3, -0.25) is 37.3 Å². The van der Waals surface area contributed by atoms with Crippen molar-refractivity contribution in [3.63, 3.8) is 0 Å². The van der Waals surface area contributed by atoms with Crippen molar-refractivity contribution in [3.8, 4) is 0 Å². The van der Waals surface area contributed by atoms with E-state index in [1.807, 2.05) is 0 Å². The summed E-state index contributed by atoms with van der Waals surface area (Å²) in [6, 6.07) is 0. The summed E-state index contributed by atoms with van der Waals surface area (Å²) >= 11 is 0. The number of unbranched alkanes of at least 4 members (excludes halogenated alkanes) is 50. The minimum absolute atomic E-state index is 0.107. The molecule has 0 radical (unpaired) electrons. The second kappa shape index (κ2) is 71.1. The molecule has 0 bridgehead atoms. The number of phosphoric ester groups is 2. The van der Waals surface area contributed by atoms with Crippen LogP contribution in [-0.4, -0.2) is 96.7 Å². The van der Waals surface area contributed by atoms with Crippen LogP contribution in [0.15, 0.2) is 0 Å². The number of phosphoric acid groups is 2. The van der Waals surface area contributed by atoms with Gasteiger partial charge >= 0.3 is 39.5 Å². The van der Waals surface area contributed by atoms with E-state index in [9.17, 15) is 43.2 Å². The fourth-order valence-corrected chi connectivity index (χ4v) is 13.6. The molecule has 0 saturated heterocycles. The molecule has 2 unspecified atom stereocenters. The standard InChI is InChI=1S/C78H152O17P2/c1-6-9-12-15-18-21-23-25-27-28-29-30-32-34-38-43-48-53-58-63-77(82)95-74(68-89-76(81)62-57-52-47-42-37-33-31-26-24-22-19-16-13-10-7-2)70-93-97(86,87)91-66-72(79)65-90-96(84,85)92-69-73(67-88-75(80)61-56-51-46-40-20-17-14-11-8-3)94-78(83)64-59-54-49-44-39-35-36-41-45-50-55-60-71(4)5/h71-74,79H,6-70H2,1-5H3,(H,84,85)(H,86,87)/t72-,73+,74+/m0/s1.